The molecule has 1 aromatic rings. The zero-order valence-corrected chi connectivity index (χ0v) is 10.5. The number of nitriles is 1. The summed E-state index contributed by atoms with van der Waals surface area (Å²) < 4.78 is 1.66. The van der Waals surface area contributed by atoms with Crippen LogP contribution in [0.15, 0.2) is 10.9 Å². The van der Waals surface area contributed by atoms with Gasteiger partial charge in [-0.1, -0.05) is 18.5 Å². The number of rotatable bonds is 4. The van der Waals surface area contributed by atoms with Crippen molar-refractivity contribution in [2.45, 2.75) is 39.2 Å². The van der Waals surface area contributed by atoms with Crippen LogP contribution in [0.5, 0.6) is 0 Å². The van der Waals surface area contributed by atoms with Gasteiger partial charge in [-0.3, -0.25) is 9.36 Å². The van der Waals surface area contributed by atoms with Gasteiger partial charge in [-0.05, 0) is 12.8 Å². The van der Waals surface area contributed by atoms with Crippen molar-refractivity contribution in [2.24, 2.45) is 5.41 Å². The average molecular weight is 252 g/mol. The lowest BCUT2D eigenvalue weighted by Crippen LogP contribution is -2.28. The molecule has 0 aliphatic heterocycles. The van der Waals surface area contributed by atoms with E-state index < -0.39 is 0 Å². The minimum atomic E-state index is -0.119. The smallest absolute Gasteiger partial charge is 0.255 e. The van der Waals surface area contributed by atoms with Crippen molar-refractivity contribution in [3.63, 3.8) is 0 Å². The third-order valence-electron chi connectivity index (χ3n) is 3.28. The minimum absolute atomic E-state index is 0.00198. The fraction of sp³-hybridized carbons (Fsp3) is 0.583. The standard InChI is InChI=1S/C12H14ClN3O/c1-2-10-15-9(13)7-11(17)16(10)8-12(3-4-12)5-6-14/h7H,2-5,8H2,1H3. The summed E-state index contributed by atoms with van der Waals surface area (Å²) in [5.74, 6) is 0.701. The van der Waals surface area contributed by atoms with Crippen LogP contribution in [-0.4, -0.2) is 9.55 Å². The summed E-state index contributed by atoms with van der Waals surface area (Å²) in [6.45, 7) is 2.53. The molecule has 90 valence electrons. The molecule has 0 radical (unpaired) electrons. The third-order valence-corrected chi connectivity index (χ3v) is 3.47. The Morgan fingerprint density at radius 3 is 2.88 bits per heavy atom. The van der Waals surface area contributed by atoms with Crippen LogP contribution < -0.4 is 5.56 Å². The quantitative estimate of drug-likeness (QED) is 0.771. The number of aromatic nitrogens is 2. The lowest BCUT2D eigenvalue weighted by molar-refractivity contribution is 0.410. The molecule has 1 heterocycles. The summed E-state index contributed by atoms with van der Waals surface area (Å²) in [7, 11) is 0. The van der Waals surface area contributed by atoms with Gasteiger partial charge in [0.15, 0.2) is 0 Å². The van der Waals surface area contributed by atoms with E-state index >= 15 is 0 Å². The van der Waals surface area contributed by atoms with Crippen molar-refractivity contribution >= 4 is 11.6 Å². The van der Waals surface area contributed by atoms with Gasteiger partial charge in [0.1, 0.15) is 11.0 Å². The molecule has 0 aromatic carbocycles. The summed E-state index contributed by atoms with van der Waals surface area (Å²) in [6.07, 6.45) is 3.20. The first-order chi connectivity index (χ1) is 8.10. The second-order valence-corrected chi connectivity index (χ2v) is 5.00. The number of aryl methyl sites for hydroxylation is 1. The van der Waals surface area contributed by atoms with E-state index in [0.717, 1.165) is 12.8 Å². The Balaban J connectivity index is 2.33. The fourth-order valence-electron chi connectivity index (χ4n) is 2.03. The van der Waals surface area contributed by atoms with Gasteiger partial charge in [0.05, 0.1) is 6.07 Å². The van der Waals surface area contributed by atoms with E-state index in [0.29, 0.717) is 25.2 Å². The zero-order valence-electron chi connectivity index (χ0n) is 9.74. The molecule has 17 heavy (non-hydrogen) atoms. The number of hydrogen-bond acceptors (Lipinski definition) is 3. The van der Waals surface area contributed by atoms with E-state index in [1.165, 1.54) is 6.07 Å². The molecule has 1 aromatic heterocycles. The Morgan fingerprint density at radius 1 is 1.65 bits per heavy atom. The molecule has 0 atom stereocenters. The predicted molar refractivity (Wildman–Crippen MR) is 64.8 cm³/mol. The fourth-order valence-corrected chi connectivity index (χ4v) is 2.22. The Morgan fingerprint density at radius 2 is 2.35 bits per heavy atom. The van der Waals surface area contributed by atoms with Crippen molar-refractivity contribution in [3.05, 3.63) is 27.4 Å². The van der Waals surface area contributed by atoms with Crippen molar-refractivity contribution in [2.75, 3.05) is 0 Å². The van der Waals surface area contributed by atoms with Crippen LogP contribution in [-0.2, 0) is 13.0 Å². The van der Waals surface area contributed by atoms with Crippen LogP contribution in [0.25, 0.3) is 0 Å². The summed E-state index contributed by atoms with van der Waals surface area (Å²) >= 11 is 5.77. The topological polar surface area (TPSA) is 58.7 Å². The maximum absolute atomic E-state index is 11.9. The van der Waals surface area contributed by atoms with E-state index in [4.69, 9.17) is 16.9 Å². The maximum Gasteiger partial charge on any atom is 0.255 e. The van der Waals surface area contributed by atoms with Crippen LogP contribution in [0.3, 0.4) is 0 Å². The monoisotopic (exact) mass is 251 g/mol. The van der Waals surface area contributed by atoms with Gasteiger partial charge in [-0.2, -0.15) is 5.26 Å². The van der Waals surface area contributed by atoms with E-state index in [1.807, 2.05) is 6.92 Å². The molecular weight excluding hydrogens is 238 g/mol. The molecule has 4 nitrogen and oxygen atoms in total. The van der Waals surface area contributed by atoms with Crippen LogP contribution >= 0.6 is 11.6 Å². The molecule has 0 amide bonds. The summed E-state index contributed by atoms with van der Waals surface area (Å²) in [5.41, 5.74) is -0.121. The minimum Gasteiger partial charge on any atom is -0.296 e. The second-order valence-electron chi connectivity index (χ2n) is 4.61. The van der Waals surface area contributed by atoms with E-state index in [1.54, 1.807) is 4.57 Å². The lowest BCUT2D eigenvalue weighted by Gasteiger charge is -2.16. The first-order valence-corrected chi connectivity index (χ1v) is 6.11. The van der Waals surface area contributed by atoms with Gasteiger partial charge in [0.2, 0.25) is 0 Å². The molecule has 1 aliphatic rings. The van der Waals surface area contributed by atoms with Crippen molar-refractivity contribution in [1.29, 1.82) is 5.26 Å². The highest BCUT2D eigenvalue weighted by Gasteiger charge is 2.43. The van der Waals surface area contributed by atoms with Crippen LogP contribution in [0.2, 0.25) is 5.15 Å². The first kappa shape index (κ1) is 12.1. The van der Waals surface area contributed by atoms with E-state index in [2.05, 4.69) is 11.1 Å². The highest BCUT2D eigenvalue weighted by Crippen LogP contribution is 2.49. The van der Waals surface area contributed by atoms with Gasteiger partial charge >= 0.3 is 0 Å². The van der Waals surface area contributed by atoms with Crippen LogP contribution in [0.4, 0.5) is 0 Å². The molecule has 1 saturated carbocycles. The zero-order chi connectivity index (χ0) is 12.5. The molecular formula is C12H14ClN3O. The van der Waals surface area contributed by atoms with E-state index in [9.17, 15) is 4.79 Å². The molecule has 5 heteroatoms. The normalized spacial score (nSPS) is 16.5. The van der Waals surface area contributed by atoms with Crippen LogP contribution in [0.1, 0.15) is 32.0 Å². The van der Waals surface area contributed by atoms with Crippen molar-refractivity contribution in [3.8, 4) is 6.07 Å². The summed E-state index contributed by atoms with van der Waals surface area (Å²) in [6, 6.07) is 3.53. The third kappa shape index (κ3) is 2.50. The van der Waals surface area contributed by atoms with Gasteiger partial charge < -0.3 is 0 Å². The molecule has 0 saturated heterocycles. The summed E-state index contributed by atoms with van der Waals surface area (Å²) in [4.78, 5) is 16.1. The Kier molecular flexibility index (Phi) is 3.21. The van der Waals surface area contributed by atoms with Crippen molar-refractivity contribution in [1.82, 2.24) is 9.55 Å². The van der Waals surface area contributed by atoms with Gasteiger partial charge in [0, 0.05) is 30.9 Å². The first-order valence-electron chi connectivity index (χ1n) is 5.73. The number of halogens is 1. The maximum atomic E-state index is 11.9. The Labute approximate surface area is 105 Å². The van der Waals surface area contributed by atoms with Crippen molar-refractivity contribution < 1.29 is 0 Å². The molecule has 0 N–H and O–H groups in total. The largest absolute Gasteiger partial charge is 0.296 e. The molecule has 1 aliphatic carbocycles. The van der Waals surface area contributed by atoms with Crippen LogP contribution in [0, 0.1) is 16.7 Å². The molecule has 0 bridgehead atoms. The van der Waals surface area contributed by atoms with Gasteiger partial charge in [-0.15, -0.1) is 0 Å². The SMILES string of the molecule is CCc1nc(Cl)cc(=O)n1CC1(CC#N)CC1. The molecule has 0 unspecified atom stereocenters. The molecule has 1 fully saturated rings. The highest BCUT2D eigenvalue weighted by molar-refractivity contribution is 6.29. The van der Waals surface area contributed by atoms with E-state index in [-0.39, 0.29) is 16.1 Å². The van der Waals surface area contributed by atoms with Gasteiger partial charge in [-0.25, -0.2) is 4.98 Å². The second kappa shape index (κ2) is 4.50. The van der Waals surface area contributed by atoms with Gasteiger partial charge in [0.25, 0.3) is 5.56 Å². The Bertz CT molecular complexity index is 526. The molecule has 2 rings (SSSR count). The summed E-state index contributed by atoms with van der Waals surface area (Å²) in [5, 5.41) is 9.03. The Hall–Kier alpha value is -1.34. The predicted octanol–water partition coefficient (Wildman–Crippen LogP) is 2.15. The average Bonchev–Trinajstić information content (AvgIpc) is 3.02. The number of hydrogen-bond donors (Lipinski definition) is 0. The molecule has 0 spiro atoms. The number of nitrogens with zero attached hydrogens (tertiary/aromatic N) is 3. The lowest BCUT2D eigenvalue weighted by atomic mass is 10.0. The highest BCUT2D eigenvalue weighted by atomic mass is 35.5.